The van der Waals surface area contributed by atoms with E-state index in [1.54, 1.807) is 23.0 Å². The molecule has 0 spiro atoms. The van der Waals surface area contributed by atoms with E-state index in [2.05, 4.69) is 10.4 Å². The topological polar surface area (TPSA) is 90.0 Å². The predicted molar refractivity (Wildman–Crippen MR) is 99.8 cm³/mol. The smallest absolute Gasteiger partial charge is 0.251 e. The third kappa shape index (κ3) is 4.16. The average Bonchev–Trinajstić information content (AvgIpc) is 3.15. The van der Waals surface area contributed by atoms with Crippen LogP contribution in [-0.2, 0) is 4.79 Å². The minimum Gasteiger partial charge on any atom is -0.370 e. The molecule has 0 saturated heterocycles. The van der Waals surface area contributed by atoms with Crippen LogP contribution in [-0.4, -0.2) is 28.1 Å². The number of hydrogen-bond donors (Lipinski definition) is 2. The van der Waals surface area contributed by atoms with Crippen LogP contribution in [0.5, 0.6) is 0 Å². The lowest BCUT2D eigenvalue weighted by molar-refractivity contribution is -0.118. The fourth-order valence-corrected chi connectivity index (χ4v) is 2.68. The first-order valence-corrected chi connectivity index (χ1v) is 8.41. The van der Waals surface area contributed by atoms with Crippen LogP contribution in [0.2, 0.25) is 0 Å². The van der Waals surface area contributed by atoms with Crippen LogP contribution in [0.1, 0.15) is 23.2 Å². The number of nitrogens with one attached hydrogen (secondary N) is 1. The molecule has 0 aliphatic heterocycles. The van der Waals surface area contributed by atoms with Crippen molar-refractivity contribution in [2.45, 2.75) is 12.8 Å². The number of rotatable bonds is 7. The van der Waals surface area contributed by atoms with Crippen LogP contribution in [0.4, 0.5) is 0 Å². The summed E-state index contributed by atoms with van der Waals surface area (Å²) in [5.41, 5.74) is 8.43. The monoisotopic (exact) mass is 348 g/mol. The van der Waals surface area contributed by atoms with Gasteiger partial charge in [0, 0.05) is 24.1 Å². The van der Waals surface area contributed by atoms with Crippen LogP contribution >= 0.6 is 0 Å². The van der Waals surface area contributed by atoms with E-state index < -0.39 is 0 Å². The third-order valence-corrected chi connectivity index (χ3v) is 3.95. The molecule has 3 aromatic rings. The third-order valence-electron chi connectivity index (χ3n) is 3.95. The van der Waals surface area contributed by atoms with Gasteiger partial charge in [-0.15, -0.1) is 0 Å². The molecule has 1 aromatic heterocycles. The first-order chi connectivity index (χ1) is 12.6. The Morgan fingerprint density at radius 2 is 1.85 bits per heavy atom. The zero-order valence-electron chi connectivity index (χ0n) is 14.3. The summed E-state index contributed by atoms with van der Waals surface area (Å²) in [6.07, 6.45) is 2.52. The van der Waals surface area contributed by atoms with Crippen molar-refractivity contribution in [2.75, 3.05) is 6.54 Å². The van der Waals surface area contributed by atoms with Crippen molar-refractivity contribution in [3.05, 3.63) is 72.4 Å². The molecule has 0 unspecified atom stereocenters. The number of aromatic nitrogens is 2. The second kappa shape index (κ2) is 8.11. The van der Waals surface area contributed by atoms with Crippen molar-refractivity contribution in [2.24, 2.45) is 5.73 Å². The van der Waals surface area contributed by atoms with Crippen molar-refractivity contribution in [1.82, 2.24) is 15.1 Å². The summed E-state index contributed by atoms with van der Waals surface area (Å²) in [4.78, 5) is 23.0. The largest absolute Gasteiger partial charge is 0.370 e. The molecule has 3 rings (SSSR count). The Hall–Kier alpha value is -3.41. The first-order valence-electron chi connectivity index (χ1n) is 8.41. The van der Waals surface area contributed by atoms with E-state index in [0.29, 0.717) is 18.5 Å². The highest BCUT2D eigenvalue weighted by Gasteiger charge is 2.10. The normalized spacial score (nSPS) is 10.5. The molecule has 0 aliphatic rings. The zero-order chi connectivity index (χ0) is 18.4. The van der Waals surface area contributed by atoms with Gasteiger partial charge in [0.05, 0.1) is 17.6 Å². The van der Waals surface area contributed by atoms with Gasteiger partial charge in [0.1, 0.15) is 0 Å². The Morgan fingerprint density at radius 1 is 1.04 bits per heavy atom. The number of carbonyl (C=O) groups excluding carboxylic acids is 2. The van der Waals surface area contributed by atoms with Gasteiger partial charge in [0.25, 0.3) is 5.91 Å². The lowest BCUT2D eigenvalue weighted by Gasteiger charge is -2.10. The molecular weight excluding hydrogens is 328 g/mol. The van der Waals surface area contributed by atoms with Crippen LogP contribution < -0.4 is 11.1 Å². The molecule has 6 heteroatoms. The zero-order valence-corrected chi connectivity index (χ0v) is 14.3. The molecule has 0 saturated carbocycles. The maximum absolute atomic E-state index is 12.3. The minimum atomic E-state index is -0.367. The summed E-state index contributed by atoms with van der Waals surface area (Å²) in [7, 11) is 0. The predicted octanol–water partition coefficient (Wildman–Crippen LogP) is 2.53. The van der Waals surface area contributed by atoms with Gasteiger partial charge in [-0.2, -0.15) is 5.10 Å². The molecule has 2 amide bonds. The number of carbonyl (C=O) groups is 2. The molecule has 3 N–H and O–H groups in total. The van der Waals surface area contributed by atoms with Gasteiger partial charge in [0.2, 0.25) is 5.91 Å². The number of amides is 2. The molecule has 0 atom stereocenters. The summed E-state index contributed by atoms with van der Waals surface area (Å²) >= 11 is 0. The van der Waals surface area contributed by atoms with Gasteiger partial charge >= 0.3 is 0 Å². The summed E-state index contributed by atoms with van der Waals surface area (Å²) in [6.45, 7) is 0.406. The van der Waals surface area contributed by atoms with Crippen LogP contribution in [0, 0.1) is 0 Å². The second-order valence-electron chi connectivity index (χ2n) is 5.87. The molecule has 0 bridgehead atoms. The van der Waals surface area contributed by atoms with E-state index in [9.17, 15) is 9.59 Å². The number of hydrogen-bond acceptors (Lipinski definition) is 3. The minimum absolute atomic E-state index is 0.190. The molecule has 0 aliphatic carbocycles. The standard InChI is InChI=1S/C20H20N4O2/c21-19(25)10-5-12-22-20(26)16-8-4-9-17(14-16)24-18(11-13-23-24)15-6-2-1-3-7-15/h1-4,6-9,11,13-14H,5,10,12H2,(H2,21,25)(H,22,26). The Morgan fingerprint density at radius 3 is 2.62 bits per heavy atom. The second-order valence-corrected chi connectivity index (χ2v) is 5.87. The molecule has 0 radical (unpaired) electrons. The van der Waals surface area contributed by atoms with Crippen molar-refractivity contribution >= 4 is 11.8 Å². The fourth-order valence-electron chi connectivity index (χ4n) is 2.68. The van der Waals surface area contributed by atoms with Gasteiger partial charge < -0.3 is 11.1 Å². The Bertz CT molecular complexity index is 903. The van der Waals surface area contributed by atoms with Crippen LogP contribution in [0.25, 0.3) is 16.9 Å². The summed E-state index contributed by atoms with van der Waals surface area (Å²) in [6, 6.07) is 19.2. The van der Waals surface area contributed by atoms with Gasteiger partial charge in [-0.3, -0.25) is 9.59 Å². The molecule has 26 heavy (non-hydrogen) atoms. The number of benzene rings is 2. The summed E-state index contributed by atoms with van der Waals surface area (Å²) < 4.78 is 1.80. The SMILES string of the molecule is NC(=O)CCCNC(=O)c1cccc(-n2nccc2-c2ccccc2)c1. The maximum Gasteiger partial charge on any atom is 0.251 e. The molecular formula is C20H20N4O2. The lowest BCUT2D eigenvalue weighted by Crippen LogP contribution is -2.25. The molecule has 132 valence electrons. The van der Waals surface area contributed by atoms with E-state index in [1.807, 2.05) is 48.5 Å². The quantitative estimate of drug-likeness (QED) is 0.643. The van der Waals surface area contributed by atoms with Gasteiger partial charge in [-0.25, -0.2) is 4.68 Å². The summed E-state index contributed by atoms with van der Waals surface area (Å²) in [5, 5.41) is 7.19. The lowest BCUT2D eigenvalue weighted by atomic mass is 10.1. The van der Waals surface area contributed by atoms with Gasteiger partial charge in [0.15, 0.2) is 0 Å². The Labute approximate surface area is 151 Å². The molecule has 6 nitrogen and oxygen atoms in total. The van der Waals surface area contributed by atoms with E-state index in [0.717, 1.165) is 16.9 Å². The maximum atomic E-state index is 12.3. The van der Waals surface area contributed by atoms with Gasteiger partial charge in [-0.1, -0.05) is 36.4 Å². The Balaban J connectivity index is 1.77. The van der Waals surface area contributed by atoms with E-state index in [1.165, 1.54) is 0 Å². The number of nitrogens with two attached hydrogens (primary N) is 1. The fraction of sp³-hybridized carbons (Fsp3) is 0.150. The van der Waals surface area contributed by atoms with E-state index in [-0.39, 0.29) is 18.2 Å². The highest BCUT2D eigenvalue weighted by molar-refractivity contribution is 5.94. The highest BCUT2D eigenvalue weighted by Crippen LogP contribution is 2.22. The van der Waals surface area contributed by atoms with Crippen molar-refractivity contribution in [3.63, 3.8) is 0 Å². The Kier molecular flexibility index (Phi) is 5.43. The first kappa shape index (κ1) is 17.4. The van der Waals surface area contributed by atoms with Crippen LogP contribution in [0.15, 0.2) is 66.9 Å². The van der Waals surface area contributed by atoms with E-state index >= 15 is 0 Å². The van der Waals surface area contributed by atoms with Crippen molar-refractivity contribution in [3.8, 4) is 16.9 Å². The van der Waals surface area contributed by atoms with Crippen molar-refractivity contribution in [1.29, 1.82) is 0 Å². The van der Waals surface area contributed by atoms with Crippen molar-refractivity contribution < 1.29 is 9.59 Å². The van der Waals surface area contributed by atoms with E-state index in [4.69, 9.17) is 5.73 Å². The highest BCUT2D eigenvalue weighted by atomic mass is 16.2. The molecule has 0 fully saturated rings. The molecule has 1 heterocycles. The number of primary amides is 1. The summed E-state index contributed by atoms with van der Waals surface area (Å²) in [5.74, 6) is -0.557. The molecule has 2 aromatic carbocycles. The van der Waals surface area contributed by atoms with Crippen LogP contribution in [0.3, 0.4) is 0 Å². The average molecular weight is 348 g/mol. The van der Waals surface area contributed by atoms with Gasteiger partial charge in [-0.05, 0) is 30.7 Å². The number of nitrogens with zero attached hydrogens (tertiary/aromatic N) is 2.